The number of nitriles is 1. The maximum atomic E-state index is 12.7. The van der Waals surface area contributed by atoms with Gasteiger partial charge in [0.05, 0.1) is 28.5 Å². The van der Waals surface area contributed by atoms with Crippen LogP contribution in [0.15, 0.2) is 35.1 Å². The minimum absolute atomic E-state index is 0.0231. The van der Waals surface area contributed by atoms with E-state index in [1.807, 2.05) is 38.1 Å². The average Bonchev–Trinajstić information content (AvgIpc) is 3.61. The fourth-order valence-electron chi connectivity index (χ4n) is 4.83. The Morgan fingerprint density at radius 2 is 2.11 bits per heavy atom. The van der Waals surface area contributed by atoms with Gasteiger partial charge in [0.25, 0.3) is 0 Å². The van der Waals surface area contributed by atoms with Crippen molar-refractivity contribution in [2.75, 3.05) is 12.4 Å². The highest BCUT2D eigenvalue weighted by Crippen LogP contribution is 2.45. The fraction of sp³-hybridized carbons (Fsp3) is 0.375. The molecule has 0 radical (unpaired) electrons. The lowest BCUT2D eigenvalue weighted by atomic mass is 9.74. The van der Waals surface area contributed by atoms with Crippen molar-refractivity contribution in [2.45, 2.75) is 39.2 Å². The van der Waals surface area contributed by atoms with Crippen molar-refractivity contribution < 1.29 is 4.79 Å². The van der Waals surface area contributed by atoms with Gasteiger partial charge in [0, 0.05) is 24.8 Å². The molecule has 4 aromatic rings. The van der Waals surface area contributed by atoms with Crippen LogP contribution in [0.2, 0.25) is 0 Å². The van der Waals surface area contributed by atoms with E-state index >= 15 is 0 Å². The zero-order valence-corrected chi connectivity index (χ0v) is 22.4. The predicted molar refractivity (Wildman–Crippen MR) is 141 cm³/mol. The number of fused-ring (bicyclic) bond motifs is 1. The second-order valence-corrected chi connectivity index (χ2v) is 10.9. The number of hydrogen-bond acceptors (Lipinski definition) is 9. The Kier molecular flexibility index (Phi) is 6.44. The first-order valence-electron chi connectivity index (χ1n) is 11.5. The molecule has 0 bridgehead atoms. The first kappa shape index (κ1) is 24.3. The molecule has 0 saturated heterocycles. The third-order valence-electron chi connectivity index (χ3n) is 6.85. The number of carbonyl (C=O) groups is 1. The van der Waals surface area contributed by atoms with Gasteiger partial charge in [-0.3, -0.25) is 4.79 Å². The van der Waals surface area contributed by atoms with Gasteiger partial charge in [-0.15, -0.1) is 10.2 Å². The van der Waals surface area contributed by atoms with E-state index in [-0.39, 0.29) is 11.9 Å². The highest BCUT2D eigenvalue weighted by atomic mass is 79.9. The lowest BCUT2D eigenvalue weighted by Crippen LogP contribution is -2.42. The van der Waals surface area contributed by atoms with E-state index in [2.05, 4.69) is 52.9 Å². The number of benzene rings is 1. The molecule has 1 aromatic carbocycles. The van der Waals surface area contributed by atoms with E-state index in [0.29, 0.717) is 29.0 Å². The molecule has 0 spiro atoms. The Hall–Kier alpha value is -3.43. The van der Waals surface area contributed by atoms with Gasteiger partial charge in [0.2, 0.25) is 11.9 Å². The summed E-state index contributed by atoms with van der Waals surface area (Å²) < 4.78 is 2.41. The van der Waals surface area contributed by atoms with Crippen LogP contribution in [0.1, 0.15) is 31.2 Å². The second kappa shape index (κ2) is 9.55. The van der Waals surface area contributed by atoms with Gasteiger partial charge >= 0.3 is 0 Å². The number of halogens is 1. The van der Waals surface area contributed by atoms with E-state index in [1.165, 1.54) is 0 Å². The molecule has 36 heavy (non-hydrogen) atoms. The van der Waals surface area contributed by atoms with Crippen molar-refractivity contribution in [3.8, 4) is 22.3 Å². The lowest BCUT2D eigenvalue weighted by molar-refractivity contribution is -0.132. The van der Waals surface area contributed by atoms with E-state index in [4.69, 9.17) is 4.98 Å². The first-order valence-corrected chi connectivity index (χ1v) is 13.2. The van der Waals surface area contributed by atoms with Crippen molar-refractivity contribution in [3.63, 3.8) is 0 Å². The Morgan fingerprint density at radius 1 is 1.33 bits per heavy atom. The summed E-state index contributed by atoms with van der Waals surface area (Å²) in [5.41, 5.74) is 1.77. The molecule has 1 aliphatic carbocycles. The zero-order chi connectivity index (χ0) is 25.4. The highest BCUT2D eigenvalue weighted by molar-refractivity contribution is 9.10. The van der Waals surface area contributed by atoms with Crippen LogP contribution in [0, 0.1) is 29.6 Å². The van der Waals surface area contributed by atoms with Crippen molar-refractivity contribution in [1.82, 2.24) is 35.3 Å². The third kappa shape index (κ3) is 4.22. The zero-order valence-electron chi connectivity index (χ0n) is 20.0. The summed E-state index contributed by atoms with van der Waals surface area (Å²) in [7, 11) is 1.62. The number of carbonyl (C=O) groups excluding carboxylic acids is 1. The summed E-state index contributed by atoms with van der Waals surface area (Å²) >= 11 is 5.07. The maximum Gasteiger partial charge on any atom is 0.227 e. The molecule has 0 unspecified atom stereocenters. The molecule has 1 saturated carbocycles. The number of nitrogens with zero attached hydrogens (tertiary/aromatic N) is 7. The normalized spacial score (nSPS) is 20.2. The number of amides is 1. The number of aryl methyl sites for hydroxylation is 1. The number of hydrogen-bond donors (Lipinski definition) is 2. The molecule has 1 amide bonds. The smallest absolute Gasteiger partial charge is 0.227 e. The minimum atomic E-state index is -0.719. The van der Waals surface area contributed by atoms with E-state index in [9.17, 15) is 10.1 Å². The topological polar surface area (TPSA) is 134 Å². The van der Waals surface area contributed by atoms with E-state index < -0.39 is 11.3 Å². The van der Waals surface area contributed by atoms with Gasteiger partial charge < -0.3 is 10.6 Å². The fourth-order valence-corrected chi connectivity index (χ4v) is 5.96. The van der Waals surface area contributed by atoms with Crippen molar-refractivity contribution in [2.24, 2.45) is 11.3 Å². The van der Waals surface area contributed by atoms with E-state index in [0.717, 1.165) is 33.1 Å². The number of nitrogens with one attached hydrogen (secondary N) is 2. The van der Waals surface area contributed by atoms with Crippen LogP contribution >= 0.6 is 27.3 Å². The first-order chi connectivity index (χ1) is 17.3. The van der Waals surface area contributed by atoms with Gasteiger partial charge in [0.15, 0.2) is 5.65 Å². The summed E-state index contributed by atoms with van der Waals surface area (Å²) in [6.45, 7) is 3.75. The van der Waals surface area contributed by atoms with Gasteiger partial charge in [-0.2, -0.15) is 15.3 Å². The van der Waals surface area contributed by atoms with Crippen LogP contribution in [0.3, 0.4) is 0 Å². The highest BCUT2D eigenvalue weighted by Gasteiger charge is 2.49. The van der Waals surface area contributed by atoms with Crippen LogP contribution in [-0.2, 0) is 4.79 Å². The Morgan fingerprint density at radius 3 is 2.78 bits per heavy atom. The standard InChI is InChI=1S/C24H24BrN9OS/c1-13(11-26)24(22(35)27-3)9-8-16(10-24)29-23-28-12-18-19(25)33-34(20(18)30-23)17-6-4-15(5-7-17)21-32-31-14(2)36-21/h4-7,12-13,16H,8-10H2,1-3H3,(H,27,35)(H,28,29,30)/t13-,16-,24+/m1/s1. The summed E-state index contributed by atoms with van der Waals surface area (Å²) in [4.78, 5) is 21.9. The van der Waals surface area contributed by atoms with Gasteiger partial charge in [-0.25, -0.2) is 9.67 Å². The van der Waals surface area contributed by atoms with Crippen LogP contribution in [0.4, 0.5) is 5.95 Å². The number of anilines is 1. The summed E-state index contributed by atoms with van der Waals surface area (Å²) in [6, 6.07) is 10.2. The maximum absolute atomic E-state index is 12.7. The lowest BCUT2D eigenvalue weighted by Gasteiger charge is -2.29. The molecule has 10 nitrogen and oxygen atoms in total. The van der Waals surface area contributed by atoms with Gasteiger partial charge in [0.1, 0.15) is 14.6 Å². The third-order valence-corrected chi connectivity index (χ3v) is 8.32. The molecule has 1 aliphatic rings. The van der Waals surface area contributed by atoms with Gasteiger partial charge in [-0.05, 0) is 73.3 Å². The number of rotatable bonds is 6. The molecular weight excluding hydrogens is 542 g/mol. The van der Waals surface area contributed by atoms with E-state index in [1.54, 1.807) is 29.3 Å². The number of aromatic nitrogens is 6. The molecule has 1 fully saturated rings. The summed E-state index contributed by atoms with van der Waals surface area (Å²) in [6.07, 6.45) is 3.65. The van der Waals surface area contributed by atoms with Crippen LogP contribution in [0.25, 0.3) is 27.3 Å². The summed E-state index contributed by atoms with van der Waals surface area (Å²) in [5, 5.41) is 31.2. The SMILES string of the molecule is CNC(=O)[C@@]1([C@H](C)C#N)CC[C@@H](Nc2ncc3c(Br)nn(-c4ccc(-c5nnc(C)s5)cc4)c3n2)C1. The van der Waals surface area contributed by atoms with Crippen molar-refractivity contribution >= 4 is 50.2 Å². The average molecular weight is 566 g/mol. The molecule has 5 rings (SSSR count). The largest absolute Gasteiger partial charge is 0.359 e. The summed E-state index contributed by atoms with van der Waals surface area (Å²) in [5.74, 6) is -0.0251. The predicted octanol–water partition coefficient (Wildman–Crippen LogP) is 4.26. The van der Waals surface area contributed by atoms with Crippen molar-refractivity contribution in [1.29, 1.82) is 5.26 Å². The molecule has 0 aliphatic heterocycles. The molecule has 2 N–H and O–H groups in total. The van der Waals surface area contributed by atoms with Crippen LogP contribution < -0.4 is 10.6 Å². The Balaban J connectivity index is 1.42. The van der Waals surface area contributed by atoms with Crippen LogP contribution in [0.5, 0.6) is 0 Å². The Bertz CT molecular complexity index is 1480. The molecule has 3 heterocycles. The molecular formula is C24H24BrN9OS. The molecule has 3 atom stereocenters. The molecule has 3 aromatic heterocycles. The molecule has 184 valence electrons. The quantitative estimate of drug-likeness (QED) is 0.354. The van der Waals surface area contributed by atoms with Crippen LogP contribution in [-0.4, -0.2) is 48.9 Å². The Labute approximate surface area is 220 Å². The molecule has 12 heteroatoms. The van der Waals surface area contributed by atoms with Gasteiger partial charge in [-0.1, -0.05) is 11.3 Å². The minimum Gasteiger partial charge on any atom is -0.359 e. The monoisotopic (exact) mass is 565 g/mol. The second-order valence-electron chi connectivity index (χ2n) is 8.98. The van der Waals surface area contributed by atoms with Crippen molar-refractivity contribution in [3.05, 3.63) is 40.1 Å².